The van der Waals surface area contributed by atoms with Gasteiger partial charge in [0.15, 0.2) is 0 Å². The Morgan fingerprint density at radius 2 is 2.53 bits per heavy atom. The quantitative estimate of drug-likeness (QED) is 0.639. The maximum Gasteiger partial charge on any atom is 0.237 e. The average Bonchev–Trinajstić information content (AvgIpc) is 2.77. The van der Waals surface area contributed by atoms with Crippen LogP contribution in [0.3, 0.4) is 0 Å². The third-order valence-electron chi connectivity index (χ3n) is 2.50. The van der Waals surface area contributed by atoms with Crippen LogP contribution in [0.15, 0.2) is 0 Å². The number of aldehydes is 1. The molecule has 1 saturated heterocycles. The zero-order valence-electron chi connectivity index (χ0n) is 8.99. The van der Waals surface area contributed by atoms with Gasteiger partial charge in [0.2, 0.25) is 5.91 Å². The zero-order valence-corrected chi connectivity index (χ0v) is 9.81. The molecule has 4 nitrogen and oxygen atoms in total. The van der Waals surface area contributed by atoms with Crippen LogP contribution in [0.5, 0.6) is 0 Å². The van der Waals surface area contributed by atoms with Gasteiger partial charge in [0.1, 0.15) is 6.29 Å². The number of carbonyl (C=O) groups is 2. The van der Waals surface area contributed by atoms with E-state index in [1.165, 1.54) is 0 Å². The van der Waals surface area contributed by atoms with Crippen molar-refractivity contribution in [1.82, 2.24) is 10.6 Å². The summed E-state index contributed by atoms with van der Waals surface area (Å²) < 4.78 is 0. The minimum Gasteiger partial charge on any atom is -0.345 e. The van der Waals surface area contributed by atoms with Crippen LogP contribution in [0.4, 0.5) is 0 Å². The largest absolute Gasteiger partial charge is 0.345 e. The molecular weight excluding hydrogens is 212 g/mol. The van der Waals surface area contributed by atoms with Crippen molar-refractivity contribution in [2.45, 2.75) is 31.3 Å². The highest BCUT2D eigenvalue weighted by Crippen LogP contribution is 2.06. The fourth-order valence-electron chi connectivity index (χ4n) is 1.61. The second-order valence-electron chi connectivity index (χ2n) is 3.68. The minimum atomic E-state index is -0.327. The van der Waals surface area contributed by atoms with Gasteiger partial charge in [-0.3, -0.25) is 4.79 Å². The number of rotatable bonds is 6. The standard InChI is InChI=1S/C10H18N2O2S/c1-15-6-4-8(7-13)12-10(14)9-3-2-5-11-9/h7-9,11H,2-6H2,1H3,(H,12,14)/t8-,9-/m0/s1. The number of carbonyl (C=O) groups excluding carboxylic acids is 2. The van der Waals surface area contributed by atoms with E-state index in [0.29, 0.717) is 6.42 Å². The van der Waals surface area contributed by atoms with Gasteiger partial charge in [0, 0.05) is 0 Å². The third-order valence-corrected chi connectivity index (χ3v) is 3.15. The predicted octanol–water partition coefficient (Wildman–Crippen LogP) is 0.175. The van der Waals surface area contributed by atoms with Crippen LogP contribution in [0.1, 0.15) is 19.3 Å². The molecule has 1 rings (SSSR count). The van der Waals surface area contributed by atoms with E-state index in [1.54, 1.807) is 11.8 Å². The molecule has 1 aliphatic rings. The SMILES string of the molecule is CSCC[C@@H](C=O)NC(=O)[C@@H]1CCCN1. The second-order valence-corrected chi connectivity index (χ2v) is 4.67. The Labute approximate surface area is 94.6 Å². The molecule has 15 heavy (non-hydrogen) atoms. The van der Waals surface area contributed by atoms with E-state index in [9.17, 15) is 9.59 Å². The van der Waals surface area contributed by atoms with Gasteiger partial charge in [0.05, 0.1) is 12.1 Å². The lowest BCUT2D eigenvalue weighted by molar-refractivity contribution is -0.125. The Hall–Kier alpha value is -0.550. The number of amides is 1. The molecule has 0 radical (unpaired) electrons. The molecule has 0 bridgehead atoms. The lowest BCUT2D eigenvalue weighted by Crippen LogP contribution is -2.46. The summed E-state index contributed by atoms with van der Waals surface area (Å²) >= 11 is 1.68. The normalized spacial score (nSPS) is 22.3. The van der Waals surface area contributed by atoms with Crippen LogP contribution in [0, 0.1) is 0 Å². The highest BCUT2D eigenvalue weighted by molar-refractivity contribution is 7.98. The summed E-state index contributed by atoms with van der Waals surface area (Å²) in [7, 11) is 0. The first-order valence-electron chi connectivity index (χ1n) is 5.26. The molecular formula is C10H18N2O2S. The summed E-state index contributed by atoms with van der Waals surface area (Å²) in [5.41, 5.74) is 0. The van der Waals surface area contributed by atoms with Gasteiger partial charge in [-0.1, -0.05) is 0 Å². The summed E-state index contributed by atoms with van der Waals surface area (Å²) in [6.45, 7) is 0.897. The van der Waals surface area contributed by atoms with Crippen molar-refractivity contribution in [2.75, 3.05) is 18.6 Å². The van der Waals surface area contributed by atoms with Gasteiger partial charge in [-0.2, -0.15) is 11.8 Å². The number of hydrogen-bond donors (Lipinski definition) is 2. The van der Waals surface area contributed by atoms with Gasteiger partial charge < -0.3 is 15.4 Å². The number of thioether (sulfide) groups is 1. The molecule has 0 unspecified atom stereocenters. The van der Waals surface area contributed by atoms with Crippen LogP contribution >= 0.6 is 11.8 Å². The second kappa shape index (κ2) is 6.85. The van der Waals surface area contributed by atoms with Gasteiger partial charge >= 0.3 is 0 Å². The number of nitrogens with one attached hydrogen (secondary N) is 2. The smallest absolute Gasteiger partial charge is 0.237 e. The van der Waals surface area contributed by atoms with Gasteiger partial charge in [0.25, 0.3) is 0 Å². The van der Waals surface area contributed by atoms with Crippen molar-refractivity contribution in [2.24, 2.45) is 0 Å². The molecule has 1 amide bonds. The Balaban J connectivity index is 2.29. The Morgan fingerprint density at radius 1 is 1.73 bits per heavy atom. The molecule has 0 aliphatic carbocycles. The van der Waals surface area contributed by atoms with Crippen molar-refractivity contribution in [3.8, 4) is 0 Å². The van der Waals surface area contributed by atoms with Crippen LogP contribution in [0.2, 0.25) is 0 Å². The van der Waals surface area contributed by atoms with E-state index in [0.717, 1.165) is 31.4 Å². The maximum atomic E-state index is 11.6. The van der Waals surface area contributed by atoms with Crippen LogP contribution < -0.4 is 10.6 Å². The number of hydrogen-bond acceptors (Lipinski definition) is 4. The molecule has 5 heteroatoms. The molecule has 2 N–H and O–H groups in total. The molecule has 0 aromatic heterocycles. The Kier molecular flexibility index (Phi) is 5.71. The van der Waals surface area contributed by atoms with E-state index in [4.69, 9.17) is 0 Å². The fraction of sp³-hybridized carbons (Fsp3) is 0.800. The summed E-state index contributed by atoms with van der Waals surface area (Å²) in [5, 5.41) is 5.87. The molecule has 1 aliphatic heterocycles. The van der Waals surface area contributed by atoms with Crippen molar-refractivity contribution < 1.29 is 9.59 Å². The van der Waals surface area contributed by atoms with E-state index >= 15 is 0 Å². The maximum absolute atomic E-state index is 11.6. The first-order valence-corrected chi connectivity index (χ1v) is 6.65. The van der Waals surface area contributed by atoms with Crippen LogP contribution in [0.25, 0.3) is 0 Å². The lowest BCUT2D eigenvalue weighted by atomic mass is 10.2. The van der Waals surface area contributed by atoms with E-state index in [2.05, 4.69) is 10.6 Å². The Bertz CT molecular complexity index is 217. The van der Waals surface area contributed by atoms with Gasteiger partial charge in [-0.05, 0) is 37.8 Å². The molecule has 86 valence electrons. The highest BCUT2D eigenvalue weighted by Gasteiger charge is 2.23. The lowest BCUT2D eigenvalue weighted by Gasteiger charge is -2.15. The van der Waals surface area contributed by atoms with Crippen molar-refractivity contribution in [1.29, 1.82) is 0 Å². The first kappa shape index (κ1) is 12.5. The monoisotopic (exact) mass is 230 g/mol. The van der Waals surface area contributed by atoms with Crippen LogP contribution in [-0.4, -0.2) is 42.8 Å². The topological polar surface area (TPSA) is 58.2 Å². The van der Waals surface area contributed by atoms with E-state index in [1.807, 2.05) is 6.26 Å². The molecule has 2 atom stereocenters. The summed E-state index contributed by atoms with van der Waals surface area (Å²) in [5.74, 6) is 0.854. The highest BCUT2D eigenvalue weighted by atomic mass is 32.2. The molecule has 0 saturated carbocycles. The first-order chi connectivity index (χ1) is 7.27. The molecule has 1 heterocycles. The third kappa shape index (κ3) is 4.22. The zero-order chi connectivity index (χ0) is 11.1. The van der Waals surface area contributed by atoms with Gasteiger partial charge in [-0.15, -0.1) is 0 Å². The van der Waals surface area contributed by atoms with Crippen molar-refractivity contribution in [3.05, 3.63) is 0 Å². The average molecular weight is 230 g/mol. The fourth-order valence-corrected chi connectivity index (χ4v) is 2.10. The summed E-state index contributed by atoms with van der Waals surface area (Å²) in [6, 6.07) is -0.422. The van der Waals surface area contributed by atoms with Crippen molar-refractivity contribution in [3.63, 3.8) is 0 Å². The van der Waals surface area contributed by atoms with E-state index in [-0.39, 0.29) is 18.0 Å². The molecule has 0 aromatic carbocycles. The predicted molar refractivity (Wildman–Crippen MR) is 62.0 cm³/mol. The summed E-state index contributed by atoms with van der Waals surface area (Å²) in [6.07, 6.45) is 5.43. The van der Waals surface area contributed by atoms with Crippen molar-refractivity contribution >= 4 is 24.0 Å². The molecule has 0 aromatic rings. The summed E-state index contributed by atoms with van der Waals surface area (Å²) in [4.78, 5) is 22.4. The minimum absolute atomic E-state index is 0.0364. The van der Waals surface area contributed by atoms with Gasteiger partial charge in [-0.25, -0.2) is 0 Å². The van der Waals surface area contributed by atoms with Crippen LogP contribution in [-0.2, 0) is 9.59 Å². The van der Waals surface area contributed by atoms with E-state index < -0.39 is 0 Å². The molecule has 0 spiro atoms. The molecule has 1 fully saturated rings. The Morgan fingerprint density at radius 3 is 3.07 bits per heavy atom.